The van der Waals surface area contributed by atoms with E-state index in [1.54, 1.807) is 37.6 Å². The lowest BCUT2D eigenvalue weighted by Gasteiger charge is -2.35. The molecule has 0 saturated carbocycles. The van der Waals surface area contributed by atoms with Gasteiger partial charge in [0.25, 0.3) is 0 Å². The summed E-state index contributed by atoms with van der Waals surface area (Å²) in [6, 6.07) is 5.97. The molecule has 3 atom stereocenters. The molecule has 1 aliphatic heterocycles. The Kier molecular flexibility index (Phi) is 8.67. The van der Waals surface area contributed by atoms with Crippen molar-refractivity contribution in [2.24, 2.45) is 10.5 Å². The Morgan fingerprint density at radius 2 is 2.00 bits per heavy atom. The average molecular weight is 514 g/mol. The van der Waals surface area contributed by atoms with E-state index in [0.717, 1.165) is 21.7 Å². The third kappa shape index (κ3) is 6.60. The minimum absolute atomic E-state index is 0.0153. The van der Waals surface area contributed by atoms with E-state index in [9.17, 15) is 19.5 Å². The van der Waals surface area contributed by atoms with E-state index in [0.29, 0.717) is 0 Å². The molecule has 0 radical (unpaired) electrons. The van der Waals surface area contributed by atoms with Crippen LogP contribution in [0.4, 0.5) is 0 Å². The van der Waals surface area contributed by atoms with Crippen LogP contribution in [0, 0.1) is 12.3 Å². The highest BCUT2D eigenvalue weighted by Gasteiger charge is 2.44. The van der Waals surface area contributed by atoms with Crippen LogP contribution in [-0.4, -0.2) is 64.0 Å². The Morgan fingerprint density at radius 1 is 1.31 bits per heavy atom. The Labute approximate surface area is 213 Å². The summed E-state index contributed by atoms with van der Waals surface area (Å²) in [6.45, 7) is 7.11. The number of hydrogen-bond donors (Lipinski definition) is 3. The first-order chi connectivity index (χ1) is 17.0. The molecule has 192 valence electrons. The Bertz CT molecular complexity index is 1150. The zero-order valence-electron chi connectivity index (χ0n) is 20.8. The topological polar surface area (TPSA) is 160 Å². The molecular weight excluding hydrogens is 482 g/mol. The van der Waals surface area contributed by atoms with Gasteiger partial charge in [0, 0.05) is 24.4 Å². The molecule has 0 spiro atoms. The zero-order valence-corrected chi connectivity index (χ0v) is 21.6. The van der Waals surface area contributed by atoms with Gasteiger partial charge in [-0.15, -0.1) is 11.3 Å². The minimum Gasteiger partial charge on any atom is -0.391 e. The molecule has 1 aromatic heterocycles. The first-order valence-corrected chi connectivity index (χ1v) is 12.4. The number of hydrogen-bond acceptors (Lipinski definition) is 7. The Morgan fingerprint density at radius 3 is 2.58 bits per heavy atom. The van der Waals surface area contributed by atoms with Crippen LogP contribution in [0.15, 0.2) is 34.9 Å². The van der Waals surface area contributed by atoms with E-state index < -0.39 is 42.0 Å². The van der Waals surface area contributed by atoms with Crippen LogP contribution < -0.4 is 10.6 Å². The van der Waals surface area contributed by atoms with Crippen molar-refractivity contribution in [2.75, 3.05) is 13.1 Å². The molecule has 2 aromatic rings. The van der Waals surface area contributed by atoms with Crippen molar-refractivity contribution in [3.05, 3.63) is 51.5 Å². The number of benzene rings is 1. The van der Waals surface area contributed by atoms with E-state index in [2.05, 4.69) is 25.6 Å². The van der Waals surface area contributed by atoms with Crippen LogP contribution in [0.3, 0.4) is 0 Å². The first-order valence-electron chi connectivity index (χ1n) is 11.6. The number of aliphatic hydroxyl groups excluding tert-OH is 1. The number of amides is 3. The third-order valence-corrected chi connectivity index (χ3v) is 6.97. The van der Waals surface area contributed by atoms with Crippen molar-refractivity contribution < 1.29 is 19.5 Å². The molecule has 11 nitrogen and oxygen atoms in total. The summed E-state index contributed by atoms with van der Waals surface area (Å²) in [5.41, 5.74) is 12.5. The number of azide groups is 1. The SMILES string of the molecule is Cc1ncsc1-c1ccc(CNC(=O)[C@@H]2C[C@@H](O)CN2C(=O)[C@@H](NC(=O)CN=[N+]=[N-])C(C)(C)C)cc1. The number of nitrogens with zero attached hydrogens (tertiary/aromatic N) is 5. The zero-order chi connectivity index (χ0) is 26.5. The normalized spacial score (nSPS) is 18.3. The highest BCUT2D eigenvalue weighted by atomic mass is 32.1. The lowest BCUT2D eigenvalue weighted by Crippen LogP contribution is -2.58. The van der Waals surface area contributed by atoms with Gasteiger partial charge in [-0.05, 0) is 29.0 Å². The molecule has 1 aliphatic rings. The highest BCUT2D eigenvalue weighted by Crippen LogP contribution is 2.28. The van der Waals surface area contributed by atoms with Gasteiger partial charge >= 0.3 is 0 Å². The maximum Gasteiger partial charge on any atom is 0.246 e. The Balaban J connectivity index is 1.67. The smallest absolute Gasteiger partial charge is 0.246 e. The summed E-state index contributed by atoms with van der Waals surface area (Å²) in [7, 11) is 0. The molecule has 1 aromatic carbocycles. The van der Waals surface area contributed by atoms with Crippen molar-refractivity contribution in [1.29, 1.82) is 0 Å². The predicted octanol–water partition coefficient (Wildman–Crippen LogP) is 2.54. The van der Waals surface area contributed by atoms with Gasteiger partial charge in [-0.25, -0.2) is 4.98 Å². The number of thiazole rings is 1. The summed E-state index contributed by atoms with van der Waals surface area (Å²) in [5.74, 6) is -1.45. The van der Waals surface area contributed by atoms with Gasteiger partial charge in [0.2, 0.25) is 17.7 Å². The summed E-state index contributed by atoms with van der Waals surface area (Å²) in [5, 5.41) is 19.0. The van der Waals surface area contributed by atoms with E-state index in [1.807, 2.05) is 31.2 Å². The van der Waals surface area contributed by atoms with Gasteiger partial charge in [-0.2, -0.15) is 0 Å². The number of likely N-dealkylation sites (tertiary alicyclic amines) is 1. The molecule has 3 rings (SSSR count). The van der Waals surface area contributed by atoms with Crippen LogP contribution in [0.5, 0.6) is 0 Å². The molecule has 2 heterocycles. The van der Waals surface area contributed by atoms with Crippen molar-refractivity contribution in [3.63, 3.8) is 0 Å². The molecule has 1 fully saturated rings. The van der Waals surface area contributed by atoms with Gasteiger partial charge in [0.15, 0.2) is 0 Å². The maximum absolute atomic E-state index is 13.4. The molecule has 36 heavy (non-hydrogen) atoms. The lowest BCUT2D eigenvalue weighted by molar-refractivity contribution is -0.143. The monoisotopic (exact) mass is 513 g/mol. The number of carbonyl (C=O) groups excluding carboxylic acids is 3. The van der Waals surface area contributed by atoms with E-state index in [1.165, 1.54) is 4.90 Å². The molecule has 0 bridgehead atoms. The van der Waals surface area contributed by atoms with Crippen LogP contribution >= 0.6 is 11.3 Å². The second-order valence-corrected chi connectivity index (χ2v) is 10.7. The number of aromatic nitrogens is 1. The van der Waals surface area contributed by atoms with Crippen molar-refractivity contribution >= 4 is 29.1 Å². The van der Waals surface area contributed by atoms with Crippen LogP contribution in [0.25, 0.3) is 20.9 Å². The number of aryl methyl sites for hydroxylation is 1. The van der Waals surface area contributed by atoms with E-state index in [4.69, 9.17) is 5.53 Å². The number of carbonyl (C=O) groups is 3. The fraction of sp³-hybridized carbons (Fsp3) is 0.500. The predicted molar refractivity (Wildman–Crippen MR) is 136 cm³/mol. The van der Waals surface area contributed by atoms with Crippen molar-refractivity contribution in [1.82, 2.24) is 20.5 Å². The molecule has 0 aliphatic carbocycles. The van der Waals surface area contributed by atoms with E-state index in [-0.39, 0.29) is 25.4 Å². The van der Waals surface area contributed by atoms with Gasteiger partial charge < -0.3 is 20.6 Å². The molecule has 0 unspecified atom stereocenters. The molecule has 1 saturated heterocycles. The highest BCUT2D eigenvalue weighted by molar-refractivity contribution is 7.13. The van der Waals surface area contributed by atoms with Gasteiger partial charge in [-0.1, -0.05) is 50.2 Å². The second kappa shape index (κ2) is 11.5. The van der Waals surface area contributed by atoms with Crippen LogP contribution in [0.2, 0.25) is 0 Å². The number of nitrogens with one attached hydrogen (secondary N) is 2. The van der Waals surface area contributed by atoms with Crippen LogP contribution in [-0.2, 0) is 20.9 Å². The minimum atomic E-state index is -0.970. The Hall–Kier alpha value is -3.47. The largest absolute Gasteiger partial charge is 0.391 e. The van der Waals surface area contributed by atoms with Gasteiger partial charge in [0.05, 0.1) is 22.2 Å². The molecule has 3 N–H and O–H groups in total. The summed E-state index contributed by atoms with van der Waals surface area (Å²) >= 11 is 1.57. The average Bonchev–Trinajstić information content (AvgIpc) is 3.44. The number of rotatable bonds is 8. The van der Waals surface area contributed by atoms with Gasteiger partial charge in [0.1, 0.15) is 18.6 Å². The summed E-state index contributed by atoms with van der Waals surface area (Å²) in [4.78, 5) is 47.9. The molecular formula is C24H31N7O4S. The number of aliphatic hydroxyl groups is 1. The quantitative estimate of drug-likeness (QED) is 0.280. The summed E-state index contributed by atoms with van der Waals surface area (Å²) in [6.07, 6.45) is -0.754. The first kappa shape index (κ1) is 27.1. The van der Waals surface area contributed by atoms with Crippen molar-refractivity contribution in [2.45, 2.75) is 58.8 Å². The molecule has 3 amide bonds. The lowest BCUT2D eigenvalue weighted by atomic mass is 9.85. The van der Waals surface area contributed by atoms with E-state index >= 15 is 0 Å². The maximum atomic E-state index is 13.4. The fourth-order valence-corrected chi connectivity index (χ4v) is 4.89. The van der Waals surface area contributed by atoms with Crippen molar-refractivity contribution in [3.8, 4) is 10.4 Å². The summed E-state index contributed by atoms with van der Waals surface area (Å²) < 4.78 is 0. The van der Waals surface area contributed by atoms with Gasteiger partial charge in [-0.3, -0.25) is 14.4 Å². The van der Waals surface area contributed by atoms with Crippen LogP contribution in [0.1, 0.15) is 38.4 Å². The third-order valence-electron chi connectivity index (χ3n) is 5.99. The standard InChI is InChI=1S/C24H31N7O4S/c1-14-20(36-13-27-14)16-7-5-15(6-8-16)10-26-22(34)18-9-17(32)12-31(18)23(35)21(24(2,3)4)29-19(33)11-28-30-25/h5-8,13,17-18,21,32H,9-12H2,1-4H3,(H,26,34)(H,29,33)/t17-,18+,21-/m1/s1. The molecule has 12 heteroatoms. The second-order valence-electron chi connectivity index (χ2n) is 9.83. The number of β-amino-alcohol motifs (C(OH)–C–C–N with tert-alkyl or cyclic N) is 1. The fourth-order valence-electron chi connectivity index (χ4n) is 4.08.